The lowest BCUT2D eigenvalue weighted by Crippen LogP contribution is -2.26. The maximum atomic E-state index is 12.3. The van der Waals surface area contributed by atoms with Gasteiger partial charge in [0.1, 0.15) is 0 Å². The number of sulfone groups is 1. The average Bonchev–Trinajstić information content (AvgIpc) is 2.51. The van der Waals surface area contributed by atoms with Crippen molar-refractivity contribution in [1.82, 2.24) is 0 Å². The van der Waals surface area contributed by atoms with Gasteiger partial charge in [0.15, 0.2) is 9.84 Å². The molecule has 0 spiro atoms. The van der Waals surface area contributed by atoms with Gasteiger partial charge in [-0.3, -0.25) is 0 Å². The molecule has 0 bridgehead atoms. The maximum absolute atomic E-state index is 12.3. The Morgan fingerprint density at radius 1 is 1.08 bits per heavy atom. The van der Waals surface area contributed by atoms with Gasteiger partial charge in [-0.2, -0.15) is 0 Å². The summed E-state index contributed by atoms with van der Waals surface area (Å²) in [4.78, 5) is 0. The van der Waals surface area contributed by atoms with Crippen LogP contribution in [0.4, 0.5) is 0 Å². The molecule has 0 amide bonds. The molecule has 1 unspecified atom stereocenters. The van der Waals surface area contributed by atoms with Crippen LogP contribution in [0, 0.1) is 13.8 Å². The number of hydrogen-bond acceptors (Lipinski definition) is 4. The minimum atomic E-state index is -3.40. The van der Waals surface area contributed by atoms with Crippen molar-refractivity contribution in [2.45, 2.75) is 32.3 Å². The molecule has 130 valence electrons. The quantitative estimate of drug-likeness (QED) is 0.797. The van der Waals surface area contributed by atoms with Crippen molar-refractivity contribution in [3.8, 4) is 0 Å². The molecule has 1 atom stereocenters. The van der Waals surface area contributed by atoms with Crippen molar-refractivity contribution < 1.29 is 18.3 Å². The van der Waals surface area contributed by atoms with E-state index in [0.29, 0.717) is 6.61 Å². The van der Waals surface area contributed by atoms with Gasteiger partial charge in [0, 0.05) is 0 Å². The van der Waals surface area contributed by atoms with Crippen LogP contribution in [0.2, 0.25) is 0 Å². The summed E-state index contributed by atoms with van der Waals surface area (Å²) in [5, 5.41) is 9.96. The van der Waals surface area contributed by atoms with Crippen LogP contribution in [-0.2, 0) is 26.9 Å². The summed E-state index contributed by atoms with van der Waals surface area (Å²) in [6.45, 7) is 4.18. The van der Waals surface area contributed by atoms with E-state index in [1.54, 1.807) is 0 Å². The molecule has 0 aliphatic rings. The number of benzene rings is 2. The third-order valence-electron chi connectivity index (χ3n) is 3.75. The zero-order valence-corrected chi connectivity index (χ0v) is 14.9. The van der Waals surface area contributed by atoms with Crippen molar-refractivity contribution in [2.75, 3.05) is 12.4 Å². The highest BCUT2D eigenvalue weighted by molar-refractivity contribution is 7.90. The van der Waals surface area contributed by atoms with Crippen LogP contribution in [0.25, 0.3) is 0 Å². The van der Waals surface area contributed by atoms with Crippen LogP contribution < -0.4 is 0 Å². The van der Waals surface area contributed by atoms with E-state index in [1.165, 1.54) is 0 Å². The molecule has 2 aromatic carbocycles. The molecule has 5 heteroatoms. The smallest absolute Gasteiger partial charge is 0.157 e. The second kappa shape index (κ2) is 8.42. The average molecular weight is 348 g/mol. The minimum absolute atomic E-state index is 0.000917. The Balaban J connectivity index is 1.85. The van der Waals surface area contributed by atoms with Gasteiger partial charge in [0.25, 0.3) is 0 Å². The lowest BCUT2D eigenvalue weighted by atomic mass is 10.1. The minimum Gasteiger partial charge on any atom is -0.390 e. The highest BCUT2D eigenvalue weighted by Gasteiger charge is 2.19. The summed E-state index contributed by atoms with van der Waals surface area (Å²) in [7, 11) is -3.40. The fraction of sp³-hybridized carbons (Fsp3) is 0.368. The predicted octanol–water partition coefficient (Wildman–Crippen LogP) is 2.80. The molecular formula is C19H24O4S. The number of aliphatic hydroxyl groups is 1. The van der Waals surface area contributed by atoms with Crippen LogP contribution in [0.1, 0.15) is 22.3 Å². The fourth-order valence-electron chi connectivity index (χ4n) is 2.48. The van der Waals surface area contributed by atoms with Crippen LogP contribution >= 0.6 is 0 Å². The first kappa shape index (κ1) is 18.6. The summed E-state index contributed by atoms with van der Waals surface area (Å²) in [5.74, 6) is -0.356. The molecule has 2 aromatic rings. The van der Waals surface area contributed by atoms with Crippen molar-refractivity contribution in [3.63, 3.8) is 0 Å². The monoisotopic (exact) mass is 348 g/mol. The Labute approximate surface area is 144 Å². The van der Waals surface area contributed by atoms with Gasteiger partial charge in [-0.05, 0) is 30.5 Å². The van der Waals surface area contributed by atoms with E-state index in [2.05, 4.69) is 0 Å². The van der Waals surface area contributed by atoms with Gasteiger partial charge in [-0.1, -0.05) is 54.1 Å². The SMILES string of the molecule is Cc1ccc(C)c(CS(=O)(=O)CC(O)COCc2ccccc2)c1. The summed E-state index contributed by atoms with van der Waals surface area (Å²) >= 11 is 0. The Bertz CT molecular complexity index is 754. The fourth-order valence-corrected chi connectivity index (χ4v) is 4.07. The predicted molar refractivity (Wildman–Crippen MR) is 95.5 cm³/mol. The molecule has 0 aliphatic carbocycles. The molecular weight excluding hydrogens is 324 g/mol. The number of hydrogen-bond donors (Lipinski definition) is 1. The molecule has 1 N–H and O–H groups in total. The molecule has 24 heavy (non-hydrogen) atoms. The number of ether oxygens (including phenoxy) is 1. The first-order valence-corrected chi connectivity index (χ1v) is 9.74. The molecule has 0 radical (unpaired) electrons. The van der Waals surface area contributed by atoms with Crippen LogP contribution in [0.5, 0.6) is 0 Å². The lowest BCUT2D eigenvalue weighted by molar-refractivity contribution is 0.0390. The number of aryl methyl sites for hydroxylation is 2. The normalized spacial score (nSPS) is 13.0. The van der Waals surface area contributed by atoms with Gasteiger partial charge in [0.2, 0.25) is 0 Å². The highest BCUT2D eigenvalue weighted by atomic mass is 32.2. The summed E-state index contributed by atoms with van der Waals surface area (Å²) < 4.78 is 30.0. The first-order chi connectivity index (χ1) is 11.4. The Morgan fingerprint density at radius 2 is 1.79 bits per heavy atom. The molecule has 0 aromatic heterocycles. The molecule has 0 fully saturated rings. The van der Waals surface area contributed by atoms with E-state index in [1.807, 2.05) is 62.4 Å². The largest absolute Gasteiger partial charge is 0.390 e. The lowest BCUT2D eigenvalue weighted by Gasteiger charge is -2.13. The number of aliphatic hydroxyl groups excluding tert-OH is 1. The molecule has 0 heterocycles. The molecule has 0 saturated heterocycles. The zero-order chi connectivity index (χ0) is 17.6. The molecule has 0 aliphatic heterocycles. The zero-order valence-electron chi connectivity index (χ0n) is 14.1. The van der Waals surface area contributed by atoms with Crippen molar-refractivity contribution >= 4 is 9.84 Å². The Kier molecular flexibility index (Phi) is 6.54. The molecule has 4 nitrogen and oxygen atoms in total. The summed E-state index contributed by atoms with van der Waals surface area (Å²) in [6.07, 6.45) is -1.02. The van der Waals surface area contributed by atoms with Crippen molar-refractivity contribution in [3.05, 3.63) is 70.8 Å². The third-order valence-corrected chi connectivity index (χ3v) is 5.39. The van der Waals surface area contributed by atoms with Gasteiger partial charge >= 0.3 is 0 Å². The van der Waals surface area contributed by atoms with E-state index >= 15 is 0 Å². The van der Waals surface area contributed by atoms with E-state index in [-0.39, 0.29) is 18.1 Å². The van der Waals surface area contributed by atoms with Crippen LogP contribution in [-0.4, -0.2) is 32.0 Å². The van der Waals surface area contributed by atoms with Gasteiger partial charge in [-0.15, -0.1) is 0 Å². The first-order valence-electron chi connectivity index (χ1n) is 7.92. The molecule has 2 rings (SSSR count). The van der Waals surface area contributed by atoms with E-state index in [4.69, 9.17) is 4.74 Å². The number of rotatable bonds is 8. The Morgan fingerprint density at radius 3 is 2.50 bits per heavy atom. The van der Waals surface area contributed by atoms with Crippen LogP contribution in [0.15, 0.2) is 48.5 Å². The molecule has 0 saturated carbocycles. The van der Waals surface area contributed by atoms with Crippen LogP contribution in [0.3, 0.4) is 0 Å². The van der Waals surface area contributed by atoms with Crippen molar-refractivity contribution in [2.24, 2.45) is 0 Å². The topological polar surface area (TPSA) is 63.6 Å². The van der Waals surface area contributed by atoms with E-state index < -0.39 is 15.9 Å². The standard InChI is InChI=1S/C19H24O4S/c1-15-8-9-16(2)18(10-15)13-24(21,22)14-19(20)12-23-11-17-6-4-3-5-7-17/h3-10,19-20H,11-14H2,1-2H3. The maximum Gasteiger partial charge on any atom is 0.157 e. The summed E-state index contributed by atoms with van der Waals surface area (Å²) in [5.41, 5.74) is 3.74. The Hall–Kier alpha value is -1.69. The van der Waals surface area contributed by atoms with E-state index in [9.17, 15) is 13.5 Å². The van der Waals surface area contributed by atoms with Gasteiger partial charge in [-0.25, -0.2) is 8.42 Å². The summed E-state index contributed by atoms with van der Waals surface area (Å²) in [6, 6.07) is 15.3. The van der Waals surface area contributed by atoms with Gasteiger partial charge in [0.05, 0.1) is 30.8 Å². The third kappa shape index (κ3) is 6.07. The van der Waals surface area contributed by atoms with E-state index in [0.717, 1.165) is 22.3 Å². The van der Waals surface area contributed by atoms with Crippen molar-refractivity contribution in [1.29, 1.82) is 0 Å². The second-order valence-electron chi connectivity index (χ2n) is 6.14. The van der Waals surface area contributed by atoms with Gasteiger partial charge < -0.3 is 9.84 Å². The second-order valence-corrected chi connectivity index (χ2v) is 8.25. The highest BCUT2D eigenvalue weighted by Crippen LogP contribution is 2.15.